The number of carboxylic acid groups (broad SMARTS) is 1. The van der Waals surface area contributed by atoms with E-state index in [0.717, 1.165) is 0 Å². The number of allylic oxidation sites excluding steroid dienone is 1. The first-order valence-corrected chi connectivity index (χ1v) is 15.1. The minimum absolute atomic E-state index is 0.0211. The molecule has 0 radical (unpaired) electrons. The highest BCUT2D eigenvalue weighted by Gasteiger charge is 2.57. The number of ether oxygens (including phenoxy) is 2. The maximum absolute atomic E-state index is 14.2. The van der Waals surface area contributed by atoms with Crippen LogP contribution in [0.15, 0.2) is 22.4 Å². The van der Waals surface area contributed by atoms with E-state index in [1.165, 1.54) is 11.8 Å². The van der Waals surface area contributed by atoms with E-state index < -0.39 is 45.5 Å². The zero-order valence-corrected chi connectivity index (χ0v) is 26.5. The maximum Gasteiger partial charge on any atom is 0.412 e. The van der Waals surface area contributed by atoms with Gasteiger partial charge in [-0.2, -0.15) is 0 Å². The Morgan fingerprint density at radius 2 is 1.88 bits per heavy atom. The summed E-state index contributed by atoms with van der Waals surface area (Å²) < 4.78 is 9.49. The van der Waals surface area contributed by atoms with Crippen molar-refractivity contribution in [1.82, 2.24) is 10.6 Å². The molecule has 2 aliphatic rings. The fourth-order valence-electron chi connectivity index (χ4n) is 5.44. The van der Waals surface area contributed by atoms with Gasteiger partial charge < -0.3 is 19.9 Å². The van der Waals surface area contributed by atoms with Crippen LogP contribution in [0.2, 0.25) is 0 Å². The smallest absolute Gasteiger partial charge is 0.412 e. The van der Waals surface area contributed by atoms with Crippen LogP contribution in [0.5, 0.6) is 0 Å². The monoisotopic (exact) mass is 598 g/mol. The highest BCUT2D eigenvalue weighted by Crippen LogP contribution is 2.53. The number of carboxylic acids is 1. The number of aliphatic carboxylic acids is 1. The van der Waals surface area contributed by atoms with Gasteiger partial charge in [0.05, 0.1) is 28.6 Å². The van der Waals surface area contributed by atoms with Gasteiger partial charge in [-0.25, -0.2) is 14.8 Å². The number of carbonyl (C=O) groups is 4. The summed E-state index contributed by atoms with van der Waals surface area (Å²) in [5.74, 6) is -3.07. The summed E-state index contributed by atoms with van der Waals surface area (Å²) in [4.78, 5) is 52.5. The summed E-state index contributed by atoms with van der Waals surface area (Å²) in [6.07, 6.45) is 2.60. The van der Waals surface area contributed by atoms with Crippen LogP contribution in [0.3, 0.4) is 0 Å². The van der Waals surface area contributed by atoms with Crippen molar-refractivity contribution in [3.8, 4) is 0 Å². The SMILES string of the molecule is CCC[C@@H](CCCC(=O)O)C(=O)[N@+]1(O)C[C@@H](C)SC2=C1C(NC(=O)OC(C)(C)C)=CC(C)(C)[C@@H]2C(=O)NCCOC. The molecule has 0 bridgehead atoms. The second-order valence-electron chi connectivity index (χ2n) is 12.4. The Balaban J connectivity index is 2.68. The third kappa shape index (κ3) is 9.04. The van der Waals surface area contributed by atoms with E-state index >= 15 is 0 Å². The molecule has 0 aromatic rings. The number of nitrogens with zero attached hydrogens (tertiary/aromatic N) is 1. The fourth-order valence-corrected chi connectivity index (χ4v) is 7.08. The zero-order valence-electron chi connectivity index (χ0n) is 25.7. The molecule has 12 heteroatoms. The summed E-state index contributed by atoms with van der Waals surface area (Å²) in [6.45, 7) is 13.4. The normalized spacial score (nSPS) is 24.6. The van der Waals surface area contributed by atoms with Gasteiger partial charge in [0.15, 0.2) is 0 Å². The van der Waals surface area contributed by atoms with Crippen LogP contribution in [0.1, 0.15) is 80.6 Å². The van der Waals surface area contributed by atoms with Gasteiger partial charge in [-0.15, -0.1) is 11.8 Å². The summed E-state index contributed by atoms with van der Waals surface area (Å²) >= 11 is 1.41. The minimum Gasteiger partial charge on any atom is -0.481 e. The topological polar surface area (TPSA) is 151 Å². The molecule has 1 aliphatic carbocycles. The fraction of sp³-hybridized carbons (Fsp3) is 0.724. The second-order valence-corrected chi connectivity index (χ2v) is 13.9. The predicted molar refractivity (Wildman–Crippen MR) is 155 cm³/mol. The second kappa shape index (κ2) is 14.2. The highest BCUT2D eigenvalue weighted by atomic mass is 32.2. The third-order valence-corrected chi connectivity index (χ3v) is 8.26. The van der Waals surface area contributed by atoms with Gasteiger partial charge >= 0.3 is 18.0 Å². The first-order valence-electron chi connectivity index (χ1n) is 14.2. The molecule has 1 heterocycles. The molecule has 0 unspecified atom stereocenters. The van der Waals surface area contributed by atoms with E-state index in [1.807, 2.05) is 27.7 Å². The van der Waals surface area contributed by atoms with Crippen molar-refractivity contribution in [2.45, 2.75) is 91.4 Å². The molecule has 3 amide bonds. The minimum atomic E-state index is -1.10. The van der Waals surface area contributed by atoms with Crippen LogP contribution in [-0.2, 0) is 23.9 Å². The van der Waals surface area contributed by atoms with Crippen LogP contribution in [0, 0.1) is 17.3 Å². The number of rotatable bonds is 12. The lowest BCUT2D eigenvalue weighted by Gasteiger charge is -2.45. The molecule has 0 fully saturated rings. The maximum atomic E-state index is 14.2. The van der Waals surface area contributed by atoms with E-state index in [-0.39, 0.29) is 42.1 Å². The van der Waals surface area contributed by atoms with Gasteiger partial charge in [0.25, 0.3) is 0 Å². The summed E-state index contributed by atoms with van der Waals surface area (Å²) in [7, 11) is 1.54. The van der Waals surface area contributed by atoms with Gasteiger partial charge in [-0.05, 0) is 53.0 Å². The molecule has 232 valence electrons. The van der Waals surface area contributed by atoms with E-state index in [9.17, 15) is 24.4 Å². The van der Waals surface area contributed by atoms with Crippen molar-refractivity contribution in [1.29, 1.82) is 0 Å². The predicted octanol–water partition coefficient (Wildman–Crippen LogP) is 4.56. The summed E-state index contributed by atoms with van der Waals surface area (Å²) in [5, 5.41) is 26.9. The van der Waals surface area contributed by atoms with Crippen molar-refractivity contribution in [2.75, 3.05) is 26.8 Å². The first-order chi connectivity index (χ1) is 19.0. The number of carbonyl (C=O) groups excluding carboxylic acids is 3. The molecule has 0 saturated heterocycles. The number of hydrogen-bond acceptors (Lipinski definition) is 8. The van der Waals surface area contributed by atoms with Crippen molar-refractivity contribution < 1.29 is 43.6 Å². The number of hydrogen-bond donors (Lipinski definition) is 4. The van der Waals surface area contributed by atoms with Crippen LogP contribution in [0.4, 0.5) is 4.79 Å². The van der Waals surface area contributed by atoms with E-state index in [0.29, 0.717) is 37.2 Å². The van der Waals surface area contributed by atoms with Crippen LogP contribution >= 0.6 is 11.8 Å². The van der Waals surface area contributed by atoms with Crippen LogP contribution in [-0.4, -0.2) is 76.5 Å². The Bertz CT molecular complexity index is 1060. The summed E-state index contributed by atoms with van der Waals surface area (Å²) in [6, 6.07) is 0. The van der Waals surface area contributed by atoms with E-state index in [2.05, 4.69) is 10.6 Å². The number of alkyl carbamates (subject to hydrolysis) is 1. The van der Waals surface area contributed by atoms with Crippen molar-refractivity contribution in [2.24, 2.45) is 17.3 Å². The van der Waals surface area contributed by atoms with Crippen LogP contribution < -0.4 is 10.6 Å². The molecule has 0 spiro atoms. The molecular weight excluding hydrogens is 550 g/mol. The molecule has 1 aliphatic heterocycles. The van der Waals surface area contributed by atoms with Crippen LogP contribution in [0.25, 0.3) is 0 Å². The van der Waals surface area contributed by atoms with Crippen molar-refractivity contribution in [3.05, 3.63) is 22.4 Å². The largest absolute Gasteiger partial charge is 0.481 e. The highest BCUT2D eigenvalue weighted by molar-refractivity contribution is 8.03. The molecule has 0 aromatic heterocycles. The third-order valence-electron chi connectivity index (χ3n) is 7.03. The molecular formula is C29H48N3O8S+. The number of nitrogens with one attached hydrogen (secondary N) is 2. The van der Waals surface area contributed by atoms with E-state index in [1.54, 1.807) is 34.0 Å². The van der Waals surface area contributed by atoms with Gasteiger partial charge in [-0.1, -0.05) is 31.8 Å². The zero-order chi connectivity index (χ0) is 31.2. The molecule has 11 nitrogen and oxygen atoms in total. The van der Waals surface area contributed by atoms with Crippen molar-refractivity contribution >= 4 is 35.6 Å². The van der Waals surface area contributed by atoms with E-state index in [4.69, 9.17) is 14.6 Å². The number of amides is 3. The number of hydroxylamine groups is 3. The lowest BCUT2D eigenvalue weighted by atomic mass is 9.73. The van der Waals surface area contributed by atoms with Gasteiger partial charge in [-0.3, -0.25) is 14.9 Å². The number of thioether (sulfide) groups is 1. The lowest BCUT2D eigenvalue weighted by molar-refractivity contribution is -1.01. The summed E-state index contributed by atoms with van der Waals surface area (Å²) in [5.41, 5.74) is -1.21. The first kappa shape index (κ1) is 34.8. The number of quaternary nitrogens is 1. The Hall–Kier alpha value is -2.41. The average Bonchev–Trinajstić information content (AvgIpc) is 2.80. The Kier molecular flexibility index (Phi) is 12.0. The van der Waals surface area contributed by atoms with Gasteiger partial charge in [0.2, 0.25) is 11.6 Å². The molecule has 4 N–H and O–H groups in total. The Labute approximate surface area is 247 Å². The molecule has 0 saturated carbocycles. The van der Waals surface area contributed by atoms with Crippen molar-refractivity contribution in [3.63, 3.8) is 0 Å². The number of methoxy groups -OCH3 is 1. The molecule has 4 atom stereocenters. The van der Waals surface area contributed by atoms with Gasteiger partial charge in [0.1, 0.15) is 17.8 Å². The molecule has 41 heavy (non-hydrogen) atoms. The average molecular weight is 599 g/mol. The van der Waals surface area contributed by atoms with Gasteiger partial charge in [0, 0.05) is 25.5 Å². The Morgan fingerprint density at radius 3 is 2.44 bits per heavy atom. The lowest BCUT2D eigenvalue weighted by Crippen LogP contribution is -2.60. The standard InChI is InChI=1S/C29H47N3O8S/c1-9-11-19(12-10-13-21(33)34)26(36)32(38)17-18(2)41-24-22(25(35)30-14-15-39-8)29(6,7)16-20(23(24)32)31-27(37)40-28(3,4)5/h16,18-19,22,38H,9-15,17H2,1-8H3,(H2-,30,31,33,34,35,37)/p+1/t18-,19+,22+,32+/m1/s1. The molecule has 2 rings (SSSR count). The Morgan fingerprint density at radius 1 is 1.22 bits per heavy atom. The quantitative estimate of drug-likeness (QED) is 0.144. The molecule has 0 aromatic carbocycles.